The fourth-order valence-corrected chi connectivity index (χ4v) is 7.40. The number of aromatic nitrogens is 2. The number of alkyl halides is 4. The van der Waals surface area contributed by atoms with E-state index in [2.05, 4.69) is 15.3 Å². The Kier molecular flexibility index (Phi) is 10.3. The maximum absolute atomic E-state index is 17.8. The molecule has 2 aromatic carbocycles. The zero-order valence-electron chi connectivity index (χ0n) is 28.2. The SMILES string of the molecule is COC[C@@H]1C[C@@H](c2ccc(C(F)(F)F)cc2OC(=O)C2CCNCC2)CN1C(=O)[C@]1(F)CN(c2ccnc(C)n2)C[C@H]1c1ccc(OC)cc1. The largest absolute Gasteiger partial charge is 0.497 e. The molecule has 6 rings (SSSR count). The molecular weight excluding hydrogens is 658 g/mol. The first-order chi connectivity index (χ1) is 23.9. The van der Waals surface area contributed by atoms with Crippen molar-refractivity contribution in [2.24, 2.45) is 5.92 Å². The summed E-state index contributed by atoms with van der Waals surface area (Å²) < 4.78 is 75.7. The van der Waals surface area contributed by atoms with Crippen molar-refractivity contribution in [3.8, 4) is 11.5 Å². The summed E-state index contributed by atoms with van der Waals surface area (Å²) in [6.45, 7) is 2.88. The second kappa shape index (κ2) is 14.5. The Labute approximate surface area is 288 Å². The van der Waals surface area contributed by atoms with Gasteiger partial charge in [-0.05, 0) is 80.7 Å². The molecule has 0 unspecified atom stereocenters. The number of methoxy groups -OCH3 is 2. The number of nitrogens with one attached hydrogen (secondary N) is 1. The predicted octanol–water partition coefficient (Wildman–Crippen LogP) is 5.06. The predicted molar refractivity (Wildman–Crippen MR) is 176 cm³/mol. The molecule has 4 atom stereocenters. The van der Waals surface area contributed by atoms with Crippen molar-refractivity contribution in [2.45, 2.75) is 55.9 Å². The Bertz CT molecular complexity index is 1690. The number of hydrogen-bond acceptors (Lipinski definition) is 9. The van der Waals surface area contributed by atoms with Crippen molar-refractivity contribution in [2.75, 3.05) is 58.5 Å². The van der Waals surface area contributed by atoms with Crippen LogP contribution < -0.4 is 19.7 Å². The van der Waals surface area contributed by atoms with Gasteiger partial charge in [-0.1, -0.05) is 18.2 Å². The van der Waals surface area contributed by atoms with Gasteiger partial charge in [0.25, 0.3) is 5.91 Å². The van der Waals surface area contributed by atoms with Crippen LogP contribution in [0.15, 0.2) is 54.7 Å². The van der Waals surface area contributed by atoms with Gasteiger partial charge in [-0.15, -0.1) is 0 Å². The summed E-state index contributed by atoms with van der Waals surface area (Å²) in [5.74, 6) is -1.86. The number of nitrogens with zero attached hydrogens (tertiary/aromatic N) is 4. The highest BCUT2D eigenvalue weighted by molar-refractivity contribution is 5.89. The van der Waals surface area contributed by atoms with Crippen molar-refractivity contribution in [1.29, 1.82) is 0 Å². The molecule has 1 N–H and O–H groups in total. The molecule has 0 radical (unpaired) electrons. The van der Waals surface area contributed by atoms with E-state index in [1.807, 2.05) is 0 Å². The minimum absolute atomic E-state index is 0.0102. The lowest BCUT2D eigenvalue weighted by Crippen LogP contribution is -2.53. The van der Waals surface area contributed by atoms with Gasteiger partial charge >= 0.3 is 12.1 Å². The number of esters is 1. The first-order valence-electron chi connectivity index (χ1n) is 16.7. The summed E-state index contributed by atoms with van der Waals surface area (Å²) in [5, 5.41) is 3.16. The molecule has 3 aromatic rings. The molecule has 0 saturated carbocycles. The molecule has 14 heteroatoms. The molecule has 0 aliphatic carbocycles. The molecule has 1 amide bonds. The number of benzene rings is 2. The van der Waals surface area contributed by atoms with E-state index in [0.717, 1.165) is 12.1 Å². The van der Waals surface area contributed by atoms with Crippen molar-refractivity contribution >= 4 is 17.7 Å². The lowest BCUT2D eigenvalue weighted by Gasteiger charge is -2.33. The number of piperidine rings is 1. The van der Waals surface area contributed by atoms with Crippen molar-refractivity contribution in [1.82, 2.24) is 20.2 Å². The number of amides is 1. The summed E-state index contributed by atoms with van der Waals surface area (Å²) >= 11 is 0. The number of carbonyl (C=O) groups is 2. The second-order valence-corrected chi connectivity index (χ2v) is 13.2. The van der Waals surface area contributed by atoms with Crippen molar-refractivity contribution in [3.63, 3.8) is 0 Å². The van der Waals surface area contributed by atoms with E-state index in [1.54, 1.807) is 48.4 Å². The number of halogens is 4. The molecule has 50 heavy (non-hydrogen) atoms. The van der Waals surface area contributed by atoms with Crippen LogP contribution in [0, 0.1) is 12.8 Å². The smallest absolute Gasteiger partial charge is 0.416 e. The van der Waals surface area contributed by atoms with Crippen LogP contribution >= 0.6 is 0 Å². The standard InChI is InChI=1S/C36H41F4N5O5/c1-22-42-15-12-32(43-22)44-19-30(23-4-7-28(49-3)8-5-23)35(37,21-44)34(47)45-18-25(16-27(45)20-48-2)29-9-6-26(36(38,39)40)17-31(29)50-33(46)24-10-13-41-14-11-24/h4-9,12,15,17,24-25,27,30,41H,10-11,13-14,16,18-21H2,1-3H3/t25-,27+,30+,35+/m1/s1. The van der Waals surface area contributed by atoms with Gasteiger partial charge in [-0.25, -0.2) is 14.4 Å². The topological polar surface area (TPSA) is 106 Å². The first kappa shape index (κ1) is 35.5. The fraction of sp³-hybridized carbons (Fsp3) is 0.500. The van der Waals surface area contributed by atoms with Crippen LogP contribution in [0.5, 0.6) is 11.5 Å². The van der Waals surface area contributed by atoms with Crippen molar-refractivity contribution in [3.05, 3.63) is 77.2 Å². The Balaban J connectivity index is 1.33. The molecule has 3 aliphatic heterocycles. The average Bonchev–Trinajstić information content (AvgIpc) is 3.70. The molecule has 0 spiro atoms. The van der Waals surface area contributed by atoms with Crippen LogP contribution in [0.3, 0.4) is 0 Å². The van der Waals surface area contributed by atoms with Crippen LogP contribution in [0.25, 0.3) is 0 Å². The minimum atomic E-state index is -4.67. The molecule has 3 fully saturated rings. The van der Waals surface area contributed by atoms with Gasteiger partial charge in [-0.2, -0.15) is 13.2 Å². The van der Waals surface area contributed by atoms with Gasteiger partial charge in [0.15, 0.2) is 0 Å². The molecule has 0 bridgehead atoms. The Morgan fingerprint density at radius 3 is 2.44 bits per heavy atom. The summed E-state index contributed by atoms with van der Waals surface area (Å²) in [5.41, 5.74) is -2.41. The summed E-state index contributed by atoms with van der Waals surface area (Å²) in [7, 11) is 3.00. The Morgan fingerprint density at radius 2 is 1.78 bits per heavy atom. The number of ether oxygens (including phenoxy) is 3. The molecule has 1 aromatic heterocycles. The number of rotatable bonds is 9. The summed E-state index contributed by atoms with van der Waals surface area (Å²) in [4.78, 5) is 39.6. The van der Waals surface area contributed by atoms with Crippen LogP contribution in [0.1, 0.15) is 53.6 Å². The average molecular weight is 700 g/mol. The number of aryl methyl sites for hydroxylation is 1. The van der Waals surface area contributed by atoms with E-state index in [4.69, 9.17) is 14.2 Å². The highest BCUT2D eigenvalue weighted by Gasteiger charge is 2.57. The van der Waals surface area contributed by atoms with Gasteiger partial charge < -0.3 is 29.3 Å². The molecule has 268 valence electrons. The van der Waals surface area contributed by atoms with E-state index >= 15 is 4.39 Å². The molecule has 3 saturated heterocycles. The quantitative estimate of drug-likeness (QED) is 0.187. The number of likely N-dealkylation sites (tertiary alicyclic amines) is 1. The lowest BCUT2D eigenvalue weighted by atomic mass is 9.85. The molecule has 3 aliphatic rings. The molecule has 4 heterocycles. The van der Waals surface area contributed by atoms with E-state index in [1.165, 1.54) is 25.2 Å². The highest BCUT2D eigenvalue weighted by atomic mass is 19.4. The fourth-order valence-electron chi connectivity index (χ4n) is 7.40. The normalized spacial score (nSPS) is 24.4. The van der Waals surface area contributed by atoms with E-state index < -0.39 is 53.1 Å². The Morgan fingerprint density at radius 1 is 1.04 bits per heavy atom. The molecule has 10 nitrogen and oxygen atoms in total. The third kappa shape index (κ3) is 7.27. The van der Waals surface area contributed by atoms with Gasteiger partial charge in [0, 0.05) is 38.2 Å². The number of hydrogen-bond donors (Lipinski definition) is 1. The zero-order chi connectivity index (χ0) is 35.6. The number of anilines is 1. The van der Waals surface area contributed by atoms with Crippen LogP contribution in [0.2, 0.25) is 0 Å². The van der Waals surface area contributed by atoms with Crippen LogP contribution in [-0.2, 0) is 20.5 Å². The highest BCUT2D eigenvalue weighted by Crippen LogP contribution is 2.46. The van der Waals surface area contributed by atoms with Gasteiger partial charge in [0.05, 0.1) is 37.8 Å². The third-order valence-electron chi connectivity index (χ3n) is 10.0. The maximum atomic E-state index is 17.8. The van der Waals surface area contributed by atoms with Gasteiger partial charge in [0.1, 0.15) is 23.1 Å². The monoisotopic (exact) mass is 699 g/mol. The van der Waals surface area contributed by atoms with Crippen LogP contribution in [0.4, 0.5) is 23.4 Å². The van der Waals surface area contributed by atoms with Gasteiger partial charge in [-0.3, -0.25) is 9.59 Å². The lowest BCUT2D eigenvalue weighted by molar-refractivity contribution is -0.145. The maximum Gasteiger partial charge on any atom is 0.416 e. The summed E-state index contributed by atoms with van der Waals surface area (Å²) in [6.07, 6.45) is -1.80. The van der Waals surface area contributed by atoms with E-state index in [0.29, 0.717) is 54.4 Å². The Hall–Kier alpha value is -4.30. The van der Waals surface area contributed by atoms with E-state index in [9.17, 15) is 22.8 Å². The number of carbonyl (C=O) groups excluding carboxylic acids is 2. The third-order valence-corrected chi connectivity index (χ3v) is 10.0. The summed E-state index contributed by atoms with van der Waals surface area (Å²) in [6, 6.07) is 11.1. The zero-order valence-corrected chi connectivity index (χ0v) is 28.2. The van der Waals surface area contributed by atoms with Gasteiger partial charge in [0.2, 0.25) is 5.67 Å². The van der Waals surface area contributed by atoms with Crippen LogP contribution in [-0.4, -0.2) is 92.0 Å². The second-order valence-electron chi connectivity index (χ2n) is 13.2. The van der Waals surface area contributed by atoms with E-state index in [-0.39, 0.29) is 38.4 Å². The molecular formula is C36H41F4N5O5. The minimum Gasteiger partial charge on any atom is -0.497 e. The van der Waals surface area contributed by atoms with Crippen molar-refractivity contribution < 1.29 is 41.4 Å². The first-order valence-corrected chi connectivity index (χ1v) is 16.7.